The zero-order chi connectivity index (χ0) is 8.39. The van der Waals surface area contributed by atoms with Gasteiger partial charge < -0.3 is 10.6 Å². The molecule has 0 amide bonds. The van der Waals surface area contributed by atoms with Crippen LogP contribution in [0, 0.1) is 3.57 Å². The second-order valence-electron chi connectivity index (χ2n) is 3.01. The number of hydrogen-bond acceptors (Lipinski definition) is 2. The van der Waals surface area contributed by atoms with Crippen LogP contribution in [0.2, 0.25) is 0 Å². The third-order valence-corrected chi connectivity index (χ3v) is 2.65. The quantitative estimate of drug-likeness (QED) is 0.802. The average Bonchev–Trinajstić information content (AvgIpc) is 1.97. The molecule has 0 bridgehead atoms. The minimum atomic E-state index is 0.628. The summed E-state index contributed by atoms with van der Waals surface area (Å²) in [5.74, 6) is 0. The molecule has 0 spiro atoms. The second kappa shape index (κ2) is 3.62. The molecule has 0 aliphatic carbocycles. The van der Waals surface area contributed by atoms with Gasteiger partial charge in [0.25, 0.3) is 0 Å². The van der Waals surface area contributed by atoms with Gasteiger partial charge in [-0.2, -0.15) is 0 Å². The predicted molar refractivity (Wildman–Crippen MR) is 59.4 cm³/mol. The smallest absolute Gasteiger partial charge is 0.0510 e. The van der Waals surface area contributed by atoms with E-state index in [1.165, 1.54) is 9.26 Å². The van der Waals surface area contributed by atoms with Crippen molar-refractivity contribution in [2.24, 2.45) is 0 Å². The molecule has 2 nitrogen and oxygen atoms in total. The molecule has 0 aromatic heterocycles. The fourth-order valence-electron chi connectivity index (χ4n) is 1.20. The van der Waals surface area contributed by atoms with Crippen molar-refractivity contribution in [3.63, 3.8) is 0 Å². The van der Waals surface area contributed by atoms with Crippen molar-refractivity contribution in [1.82, 2.24) is 5.32 Å². The fourth-order valence-corrected chi connectivity index (χ4v) is 1.75. The van der Waals surface area contributed by atoms with Crippen molar-refractivity contribution in [1.29, 1.82) is 0 Å². The van der Waals surface area contributed by atoms with Gasteiger partial charge in [-0.05, 0) is 40.8 Å². The van der Waals surface area contributed by atoms with Crippen molar-refractivity contribution >= 4 is 28.3 Å². The first-order valence-electron chi connectivity index (χ1n) is 4.07. The lowest BCUT2D eigenvalue weighted by Crippen LogP contribution is -2.51. The van der Waals surface area contributed by atoms with E-state index < -0.39 is 0 Å². The molecule has 0 radical (unpaired) electrons. The number of nitrogens with one attached hydrogen (secondary N) is 2. The number of hydrogen-bond donors (Lipinski definition) is 2. The standard InChI is InChI=1S/C9H11IN2/c10-7-2-1-3-8(4-7)12-9-5-11-6-9/h1-4,9,11-12H,5-6H2. The van der Waals surface area contributed by atoms with Crippen LogP contribution in [0.25, 0.3) is 0 Å². The molecule has 64 valence electrons. The zero-order valence-electron chi connectivity index (χ0n) is 6.68. The van der Waals surface area contributed by atoms with E-state index in [4.69, 9.17) is 0 Å². The summed E-state index contributed by atoms with van der Waals surface area (Å²) in [6.07, 6.45) is 0. The Bertz CT molecular complexity index is 271. The van der Waals surface area contributed by atoms with E-state index in [2.05, 4.69) is 57.5 Å². The van der Waals surface area contributed by atoms with Gasteiger partial charge in [0.1, 0.15) is 0 Å². The van der Waals surface area contributed by atoms with Crippen LogP contribution < -0.4 is 10.6 Å². The summed E-state index contributed by atoms with van der Waals surface area (Å²) in [6.45, 7) is 2.18. The van der Waals surface area contributed by atoms with Crippen LogP contribution in [0.4, 0.5) is 5.69 Å². The molecule has 1 aliphatic rings. The van der Waals surface area contributed by atoms with E-state index in [9.17, 15) is 0 Å². The van der Waals surface area contributed by atoms with Crippen molar-refractivity contribution in [3.8, 4) is 0 Å². The molecule has 1 fully saturated rings. The van der Waals surface area contributed by atoms with Gasteiger partial charge in [-0.1, -0.05) is 6.07 Å². The fraction of sp³-hybridized carbons (Fsp3) is 0.333. The normalized spacial score (nSPS) is 17.1. The van der Waals surface area contributed by atoms with Crippen LogP contribution in [-0.2, 0) is 0 Å². The molecular weight excluding hydrogens is 263 g/mol. The lowest BCUT2D eigenvalue weighted by molar-refractivity contribution is 0.472. The zero-order valence-corrected chi connectivity index (χ0v) is 8.84. The Labute approximate surface area is 85.9 Å². The molecule has 3 heteroatoms. The number of rotatable bonds is 2. The summed E-state index contributed by atoms with van der Waals surface area (Å²) in [6, 6.07) is 9.09. The van der Waals surface area contributed by atoms with E-state index in [0.29, 0.717) is 6.04 Å². The van der Waals surface area contributed by atoms with E-state index in [1.807, 2.05) is 0 Å². The summed E-state index contributed by atoms with van der Waals surface area (Å²) in [5.41, 5.74) is 1.23. The van der Waals surface area contributed by atoms with Crippen molar-refractivity contribution in [2.75, 3.05) is 18.4 Å². The minimum absolute atomic E-state index is 0.628. The molecule has 0 unspecified atom stereocenters. The maximum atomic E-state index is 3.45. The summed E-state index contributed by atoms with van der Waals surface area (Å²) in [5, 5.41) is 6.68. The number of benzene rings is 1. The first-order chi connectivity index (χ1) is 5.84. The second-order valence-corrected chi connectivity index (χ2v) is 4.26. The van der Waals surface area contributed by atoms with Crippen LogP contribution in [0.5, 0.6) is 0 Å². The molecule has 0 atom stereocenters. The van der Waals surface area contributed by atoms with Gasteiger partial charge in [0, 0.05) is 22.3 Å². The summed E-state index contributed by atoms with van der Waals surface area (Å²) in [7, 11) is 0. The third kappa shape index (κ3) is 1.90. The molecule has 2 N–H and O–H groups in total. The lowest BCUT2D eigenvalue weighted by atomic mass is 10.1. The van der Waals surface area contributed by atoms with Gasteiger partial charge in [0.05, 0.1) is 6.04 Å². The highest BCUT2D eigenvalue weighted by Gasteiger charge is 2.15. The molecule has 1 aromatic carbocycles. The molecule has 2 rings (SSSR count). The molecule has 1 saturated heterocycles. The van der Waals surface area contributed by atoms with Crippen LogP contribution in [0.15, 0.2) is 24.3 Å². The van der Waals surface area contributed by atoms with E-state index in [1.54, 1.807) is 0 Å². The van der Waals surface area contributed by atoms with Crippen molar-refractivity contribution in [2.45, 2.75) is 6.04 Å². The third-order valence-electron chi connectivity index (χ3n) is 1.98. The van der Waals surface area contributed by atoms with Gasteiger partial charge in [-0.25, -0.2) is 0 Å². The van der Waals surface area contributed by atoms with Crippen LogP contribution in [-0.4, -0.2) is 19.1 Å². The Morgan fingerprint density at radius 3 is 2.83 bits per heavy atom. The molecular formula is C9H11IN2. The number of halogens is 1. The Kier molecular flexibility index (Phi) is 2.51. The number of anilines is 1. The van der Waals surface area contributed by atoms with E-state index >= 15 is 0 Å². The highest BCUT2D eigenvalue weighted by molar-refractivity contribution is 14.1. The molecule has 1 aliphatic heterocycles. The van der Waals surface area contributed by atoms with Crippen LogP contribution in [0.3, 0.4) is 0 Å². The first-order valence-corrected chi connectivity index (χ1v) is 5.15. The van der Waals surface area contributed by atoms with Gasteiger partial charge in [0.15, 0.2) is 0 Å². The SMILES string of the molecule is Ic1cccc(NC2CNC2)c1. The summed E-state index contributed by atoms with van der Waals surface area (Å²) >= 11 is 2.33. The maximum Gasteiger partial charge on any atom is 0.0510 e. The molecule has 12 heavy (non-hydrogen) atoms. The van der Waals surface area contributed by atoms with Crippen molar-refractivity contribution in [3.05, 3.63) is 27.8 Å². The molecule has 1 aromatic rings. The highest BCUT2D eigenvalue weighted by Crippen LogP contribution is 2.14. The highest BCUT2D eigenvalue weighted by atomic mass is 127. The molecule has 0 saturated carbocycles. The van der Waals surface area contributed by atoms with Crippen molar-refractivity contribution < 1.29 is 0 Å². The van der Waals surface area contributed by atoms with Gasteiger partial charge in [-0.15, -0.1) is 0 Å². The Morgan fingerprint density at radius 1 is 1.42 bits per heavy atom. The van der Waals surface area contributed by atoms with Gasteiger partial charge in [-0.3, -0.25) is 0 Å². The Balaban J connectivity index is 2.02. The van der Waals surface area contributed by atoms with Crippen LogP contribution >= 0.6 is 22.6 Å². The van der Waals surface area contributed by atoms with Gasteiger partial charge in [0.2, 0.25) is 0 Å². The largest absolute Gasteiger partial charge is 0.380 e. The monoisotopic (exact) mass is 274 g/mol. The minimum Gasteiger partial charge on any atom is -0.380 e. The van der Waals surface area contributed by atoms with E-state index in [-0.39, 0.29) is 0 Å². The predicted octanol–water partition coefficient (Wildman–Crippen LogP) is 1.67. The Morgan fingerprint density at radius 2 is 2.25 bits per heavy atom. The topological polar surface area (TPSA) is 24.1 Å². The molecule has 1 heterocycles. The summed E-state index contributed by atoms with van der Waals surface area (Å²) in [4.78, 5) is 0. The Hall–Kier alpha value is -0.290. The average molecular weight is 274 g/mol. The summed E-state index contributed by atoms with van der Waals surface area (Å²) < 4.78 is 1.28. The van der Waals surface area contributed by atoms with E-state index in [0.717, 1.165) is 13.1 Å². The first kappa shape index (κ1) is 8.31. The maximum absolute atomic E-state index is 3.45. The van der Waals surface area contributed by atoms with Gasteiger partial charge >= 0.3 is 0 Å². The van der Waals surface area contributed by atoms with Crippen LogP contribution in [0.1, 0.15) is 0 Å². The lowest BCUT2D eigenvalue weighted by Gasteiger charge is -2.28.